The molecular weight excluding hydrogens is 334 g/mol. The fourth-order valence-corrected chi connectivity index (χ4v) is 2.83. The molecule has 0 fully saturated rings. The minimum atomic E-state index is -0.472. The summed E-state index contributed by atoms with van der Waals surface area (Å²) in [4.78, 5) is 14.0. The van der Waals surface area contributed by atoms with Gasteiger partial charge in [0.05, 0.1) is 24.3 Å². The van der Waals surface area contributed by atoms with Crippen molar-refractivity contribution in [2.75, 3.05) is 6.54 Å². The van der Waals surface area contributed by atoms with Gasteiger partial charge in [0.15, 0.2) is 0 Å². The molecule has 0 saturated heterocycles. The quantitative estimate of drug-likeness (QED) is 0.729. The molecule has 0 bridgehead atoms. The first-order chi connectivity index (χ1) is 9.83. The molecule has 0 saturated carbocycles. The Labute approximate surface area is 132 Å². The maximum absolute atomic E-state index is 12.2. The summed E-state index contributed by atoms with van der Waals surface area (Å²) in [5.41, 5.74) is 1.54. The van der Waals surface area contributed by atoms with Crippen LogP contribution in [0.25, 0.3) is 10.9 Å². The Morgan fingerprint density at radius 2 is 2.10 bits per heavy atom. The molecule has 0 unspecified atom stereocenters. The van der Waals surface area contributed by atoms with Gasteiger partial charge in [-0.05, 0) is 39.0 Å². The lowest BCUT2D eigenvalue weighted by Gasteiger charge is -2.30. The molecule has 1 aliphatic heterocycles. The zero-order valence-corrected chi connectivity index (χ0v) is 14.0. The Balaban J connectivity index is 1.89. The van der Waals surface area contributed by atoms with Crippen LogP contribution in [0.5, 0.6) is 0 Å². The van der Waals surface area contributed by atoms with E-state index < -0.39 is 5.60 Å². The maximum Gasteiger partial charge on any atom is 0.410 e. The number of halogens is 1. The fourth-order valence-electron chi connectivity index (χ4n) is 2.47. The SMILES string of the molecule is CC(C)(C)OC(=O)N1CCn2nc3ccc(Br)cc3c2C1. The normalized spacial score (nSPS) is 15.1. The van der Waals surface area contributed by atoms with E-state index in [-0.39, 0.29) is 6.09 Å². The van der Waals surface area contributed by atoms with Gasteiger partial charge in [0.1, 0.15) is 5.60 Å². The summed E-state index contributed by atoms with van der Waals surface area (Å²) in [6, 6.07) is 6.02. The second-order valence-electron chi connectivity index (χ2n) is 6.23. The number of benzene rings is 1. The molecule has 112 valence electrons. The number of rotatable bonds is 0. The largest absolute Gasteiger partial charge is 0.444 e. The molecule has 1 amide bonds. The number of aromatic nitrogens is 2. The Kier molecular flexibility index (Phi) is 3.43. The van der Waals surface area contributed by atoms with Gasteiger partial charge in [-0.1, -0.05) is 15.9 Å². The molecule has 0 N–H and O–H groups in total. The van der Waals surface area contributed by atoms with Crippen molar-refractivity contribution in [2.24, 2.45) is 0 Å². The number of nitrogens with zero attached hydrogens (tertiary/aromatic N) is 3. The van der Waals surface area contributed by atoms with E-state index in [4.69, 9.17) is 4.74 Å². The third kappa shape index (κ3) is 2.90. The minimum Gasteiger partial charge on any atom is -0.444 e. The molecule has 2 aromatic rings. The van der Waals surface area contributed by atoms with E-state index in [9.17, 15) is 4.79 Å². The van der Waals surface area contributed by atoms with E-state index in [1.807, 2.05) is 43.7 Å². The third-order valence-corrected chi connectivity index (χ3v) is 3.88. The summed E-state index contributed by atoms with van der Waals surface area (Å²) in [6.45, 7) is 7.49. The zero-order valence-electron chi connectivity index (χ0n) is 12.4. The summed E-state index contributed by atoms with van der Waals surface area (Å²) < 4.78 is 8.45. The highest BCUT2D eigenvalue weighted by Crippen LogP contribution is 2.26. The number of ether oxygens (including phenoxy) is 1. The van der Waals surface area contributed by atoms with Crippen LogP contribution in [0.3, 0.4) is 0 Å². The molecule has 2 heterocycles. The molecule has 21 heavy (non-hydrogen) atoms. The lowest BCUT2D eigenvalue weighted by molar-refractivity contribution is 0.0196. The van der Waals surface area contributed by atoms with Crippen LogP contribution in [-0.2, 0) is 17.8 Å². The summed E-state index contributed by atoms with van der Waals surface area (Å²) in [5.74, 6) is 0. The summed E-state index contributed by atoms with van der Waals surface area (Å²) in [7, 11) is 0. The van der Waals surface area contributed by atoms with Gasteiger partial charge in [-0.2, -0.15) is 5.10 Å². The van der Waals surface area contributed by atoms with Crippen molar-refractivity contribution >= 4 is 32.9 Å². The number of hydrogen-bond donors (Lipinski definition) is 0. The molecular formula is C15H18BrN3O2. The van der Waals surface area contributed by atoms with Crippen molar-refractivity contribution in [2.45, 2.75) is 39.5 Å². The van der Waals surface area contributed by atoms with E-state index in [1.54, 1.807) is 4.90 Å². The van der Waals surface area contributed by atoms with Gasteiger partial charge in [-0.25, -0.2) is 4.79 Å². The third-order valence-electron chi connectivity index (χ3n) is 3.38. The average molecular weight is 352 g/mol. The van der Waals surface area contributed by atoms with E-state index in [0.29, 0.717) is 19.6 Å². The molecule has 1 aliphatic rings. The first-order valence-electron chi connectivity index (χ1n) is 6.96. The first kappa shape index (κ1) is 14.4. The molecule has 0 aliphatic carbocycles. The van der Waals surface area contributed by atoms with Gasteiger partial charge < -0.3 is 9.64 Å². The summed E-state index contributed by atoms with van der Waals surface area (Å²) in [5, 5.41) is 5.66. The van der Waals surface area contributed by atoms with Crippen molar-refractivity contribution in [3.8, 4) is 0 Å². The van der Waals surface area contributed by atoms with Crippen LogP contribution in [0.2, 0.25) is 0 Å². The number of carbonyl (C=O) groups excluding carboxylic acids is 1. The van der Waals surface area contributed by atoms with Crippen molar-refractivity contribution in [1.29, 1.82) is 0 Å². The van der Waals surface area contributed by atoms with Gasteiger partial charge in [0, 0.05) is 16.4 Å². The number of hydrogen-bond acceptors (Lipinski definition) is 3. The van der Waals surface area contributed by atoms with Crippen LogP contribution in [0.1, 0.15) is 26.5 Å². The Bertz CT molecular complexity index is 703. The van der Waals surface area contributed by atoms with Crippen molar-refractivity contribution < 1.29 is 9.53 Å². The van der Waals surface area contributed by atoms with Crippen LogP contribution >= 0.6 is 15.9 Å². The maximum atomic E-state index is 12.2. The van der Waals surface area contributed by atoms with Gasteiger partial charge in [-0.3, -0.25) is 4.68 Å². The molecule has 1 aromatic carbocycles. The predicted octanol–water partition coefficient (Wildman–Crippen LogP) is 3.55. The van der Waals surface area contributed by atoms with E-state index in [1.165, 1.54) is 0 Å². The fraction of sp³-hybridized carbons (Fsp3) is 0.467. The van der Waals surface area contributed by atoms with Crippen molar-refractivity contribution in [3.63, 3.8) is 0 Å². The summed E-state index contributed by atoms with van der Waals surface area (Å²) >= 11 is 3.49. The van der Waals surface area contributed by atoms with Crippen molar-refractivity contribution in [1.82, 2.24) is 14.7 Å². The highest BCUT2D eigenvalue weighted by molar-refractivity contribution is 9.10. The van der Waals surface area contributed by atoms with Gasteiger partial charge in [-0.15, -0.1) is 0 Å². The van der Waals surface area contributed by atoms with E-state index in [0.717, 1.165) is 21.1 Å². The molecule has 5 nitrogen and oxygen atoms in total. The molecule has 6 heteroatoms. The number of amides is 1. The second kappa shape index (κ2) is 5.02. The Morgan fingerprint density at radius 1 is 1.33 bits per heavy atom. The molecule has 0 atom stereocenters. The number of fused-ring (bicyclic) bond motifs is 3. The van der Waals surface area contributed by atoms with Crippen molar-refractivity contribution in [3.05, 3.63) is 28.4 Å². The molecule has 0 radical (unpaired) electrons. The van der Waals surface area contributed by atoms with Crippen LogP contribution < -0.4 is 0 Å². The van der Waals surface area contributed by atoms with Crippen LogP contribution in [0.15, 0.2) is 22.7 Å². The Morgan fingerprint density at radius 3 is 2.81 bits per heavy atom. The molecule has 1 aromatic heterocycles. The first-order valence-corrected chi connectivity index (χ1v) is 7.76. The predicted molar refractivity (Wildman–Crippen MR) is 84.1 cm³/mol. The lowest BCUT2D eigenvalue weighted by atomic mass is 10.2. The van der Waals surface area contributed by atoms with Gasteiger partial charge in [0.25, 0.3) is 0 Å². The minimum absolute atomic E-state index is 0.266. The zero-order chi connectivity index (χ0) is 15.2. The topological polar surface area (TPSA) is 47.4 Å². The molecule has 3 rings (SSSR count). The van der Waals surface area contributed by atoms with Crippen LogP contribution in [0.4, 0.5) is 4.79 Å². The Hall–Kier alpha value is -1.56. The average Bonchev–Trinajstić information content (AvgIpc) is 2.74. The standard InChI is InChI=1S/C15H18BrN3O2/c1-15(2,3)21-14(20)18-6-7-19-13(9-18)11-8-10(16)4-5-12(11)17-19/h4-5,8H,6-7,9H2,1-3H3. The lowest BCUT2D eigenvalue weighted by Crippen LogP contribution is -2.41. The smallest absolute Gasteiger partial charge is 0.410 e. The van der Waals surface area contributed by atoms with E-state index in [2.05, 4.69) is 21.0 Å². The van der Waals surface area contributed by atoms with Crippen LogP contribution in [-0.4, -0.2) is 32.9 Å². The highest BCUT2D eigenvalue weighted by atomic mass is 79.9. The molecule has 0 spiro atoms. The monoisotopic (exact) mass is 351 g/mol. The van der Waals surface area contributed by atoms with Crippen LogP contribution in [0, 0.1) is 0 Å². The number of carbonyl (C=O) groups is 1. The second-order valence-corrected chi connectivity index (χ2v) is 7.15. The van der Waals surface area contributed by atoms with Gasteiger partial charge >= 0.3 is 6.09 Å². The highest BCUT2D eigenvalue weighted by Gasteiger charge is 2.27. The summed E-state index contributed by atoms with van der Waals surface area (Å²) in [6.07, 6.45) is -0.266. The van der Waals surface area contributed by atoms with E-state index >= 15 is 0 Å². The van der Waals surface area contributed by atoms with Gasteiger partial charge in [0.2, 0.25) is 0 Å².